The van der Waals surface area contributed by atoms with Gasteiger partial charge in [-0.3, -0.25) is 4.79 Å². The van der Waals surface area contributed by atoms with E-state index in [4.69, 9.17) is 0 Å². The van der Waals surface area contributed by atoms with Gasteiger partial charge in [0.15, 0.2) is 10.6 Å². The molecule has 0 atom stereocenters. The van der Waals surface area contributed by atoms with Gasteiger partial charge in [-0.25, -0.2) is 4.68 Å². The minimum atomic E-state index is 0.592. The topological polar surface area (TPSA) is 60.7 Å². The van der Waals surface area contributed by atoms with E-state index >= 15 is 0 Å². The monoisotopic (exact) mass is 302 g/mol. The van der Waals surface area contributed by atoms with E-state index in [0.29, 0.717) is 11.3 Å². The van der Waals surface area contributed by atoms with Crippen LogP contribution in [0.4, 0.5) is 0 Å². The number of para-hydroxylation sites is 1. The van der Waals surface area contributed by atoms with Gasteiger partial charge in [-0.1, -0.05) is 29.5 Å². The van der Waals surface area contributed by atoms with Crippen LogP contribution in [-0.4, -0.2) is 26.3 Å². The summed E-state index contributed by atoms with van der Waals surface area (Å²) in [6, 6.07) is 9.72. The summed E-state index contributed by atoms with van der Waals surface area (Å²) in [5, 5.41) is 13.0. The Hall–Kier alpha value is -1.99. The molecule has 0 N–H and O–H groups in total. The predicted molar refractivity (Wildman–Crippen MR) is 77.7 cm³/mol. The van der Waals surface area contributed by atoms with Gasteiger partial charge in [0.25, 0.3) is 0 Å². The molecule has 2 aromatic heterocycles. The molecule has 0 unspecified atom stereocenters. The summed E-state index contributed by atoms with van der Waals surface area (Å²) >= 11 is 2.84. The normalized spacial score (nSPS) is 10.7. The molecule has 0 aliphatic rings. The van der Waals surface area contributed by atoms with E-state index in [0.717, 1.165) is 21.3 Å². The molecule has 0 radical (unpaired) electrons. The van der Waals surface area contributed by atoms with Crippen LogP contribution in [0, 0.1) is 6.92 Å². The zero-order chi connectivity index (χ0) is 13.9. The third-order valence-corrected chi connectivity index (χ3v) is 4.57. The van der Waals surface area contributed by atoms with Gasteiger partial charge in [0, 0.05) is 0 Å². The second kappa shape index (κ2) is 5.56. The molecule has 1 aromatic carbocycles. The molecule has 2 heterocycles. The molecule has 3 rings (SSSR count). The van der Waals surface area contributed by atoms with E-state index in [9.17, 15) is 4.79 Å². The second-order valence-electron chi connectivity index (χ2n) is 3.98. The van der Waals surface area contributed by atoms with E-state index < -0.39 is 0 Å². The lowest BCUT2D eigenvalue weighted by molar-refractivity contribution is 0.112. The number of hydrogen-bond donors (Lipinski definition) is 0. The second-order valence-corrected chi connectivity index (χ2v) is 6.05. The highest BCUT2D eigenvalue weighted by atomic mass is 32.2. The molecule has 0 saturated heterocycles. The first-order valence-electron chi connectivity index (χ1n) is 5.84. The van der Waals surface area contributed by atoms with E-state index in [1.165, 1.54) is 23.1 Å². The highest BCUT2D eigenvalue weighted by Gasteiger charge is 2.18. The SMILES string of the molecule is Cc1nn(-c2ccccc2)c(Sc2nncs2)c1C=O. The first-order valence-corrected chi connectivity index (χ1v) is 7.53. The van der Waals surface area contributed by atoms with Crippen LogP contribution < -0.4 is 0 Å². The number of carbonyl (C=O) groups excluding carboxylic acids is 1. The summed E-state index contributed by atoms with van der Waals surface area (Å²) < 4.78 is 2.55. The lowest BCUT2D eigenvalue weighted by Gasteiger charge is -2.05. The molecule has 3 aromatic rings. The van der Waals surface area contributed by atoms with Crippen molar-refractivity contribution in [3.63, 3.8) is 0 Å². The van der Waals surface area contributed by atoms with Gasteiger partial charge in [0.1, 0.15) is 10.5 Å². The predicted octanol–water partition coefficient (Wildman–Crippen LogP) is 3.00. The fraction of sp³-hybridized carbons (Fsp3) is 0.0769. The van der Waals surface area contributed by atoms with E-state index in [-0.39, 0.29) is 0 Å². The average Bonchev–Trinajstić information content (AvgIpc) is 3.08. The number of aldehydes is 1. The summed E-state index contributed by atoms with van der Waals surface area (Å²) in [6.45, 7) is 1.83. The lowest BCUT2D eigenvalue weighted by atomic mass is 10.3. The largest absolute Gasteiger partial charge is 0.298 e. The Labute approximate surface area is 123 Å². The molecule has 0 spiro atoms. The van der Waals surface area contributed by atoms with Crippen molar-refractivity contribution in [3.05, 3.63) is 47.1 Å². The fourth-order valence-corrected chi connectivity index (χ4v) is 3.42. The summed E-state index contributed by atoms with van der Waals surface area (Å²) in [7, 11) is 0. The first kappa shape index (κ1) is 13.0. The summed E-state index contributed by atoms with van der Waals surface area (Å²) in [5.74, 6) is 0. The maximum atomic E-state index is 11.3. The van der Waals surface area contributed by atoms with Crippen LogP contribution in [0.3, 0.4) is 0 Å². The van der Waals surface area contributed by atoms with Crippen LogP contribution >= 0.6 is 23.1 Å². The van der Waals surface area contributed by atoms with E-state index in [2.05, 4.69) is 15.3 Å². The summed E-state index contributed by atoms with van der Waals surface area (Å²) in [6.07, 6.45) is 0.838. The Kier molecular flexibility index (Phi) is 3.62. The zero-order valence-electron chi connectivity index (χ0n) is 10.6. The maximum Gasteiger partial charge on any atom is 0.180 e. The van der Waals surface area contributed by atoms with Crippen molar-refractivity contribution < 1.29 is 4.79 Å². The van der Waals surface area contributed by atoms with Crippen molar-refractivity contribution in [1.29, 1.82) is 0 Å². The van der Waals surface area contributed by atoms with Crippen LogP contribution in [0.25, 0.3) is 5.69 Å². The van der Waals surface area contributed by atoms with Crippen molar-refractivity contribution in [2.24, 2.45) is 0 Å². The molecule has 0 saturated carbocycles. The van der Waals surface area contributed by atoms with Crippen LogP contribution in [0.2, 0.25) is 0 Å². The third-order valence-electron chi connectivity index (χ3n) is 2.71. The number of rotatable bonds is 4. The third kappa shape index (κ3) is 2.37. The number of hydrogen-bond acceptors (Lipinski definition) is 6. The van der Waals surface area contributed by atoms with Crippen LogP contribution in [-0.2, 0) is 0 Å². The molecular formula is C13H10N4OS2. The van der Waals surface area contributed by atoms with Crippen molar-refractivity contribution in [2.45, 2.75) is 16.3 Å². The Morgan fingerprint density at radius 2 is 2.10 bits per heavy atom. The van der Waals surface area contributed by atoms with E-state index in [1.807, 2.05) is 37.3 Å². The molecule has 0 aliphatic heterocycles. The van der Waals surface area contributed by atoms with E-state index in [1.54, 1.807) is 10.2 Å². The Bertz CT molecular complexity index is 722. The first-order chi connectivity index (χ1) is 9.79. The molecule has 100 valence electrons. The van der Waals surface area contributed by atoms with Crippen LogP contribution in [0.5, 0.6) is 0 Å². The molecular weight excluding hydrogens is 292 g/mol. The van der Waals surface area contributed by atoms with Gasteiger partial charge >= 0.3 is 0 Å². The smallest absolute Gasteiger partial charge is 0.180 e. The molecule has 7 heteroatoms. The molecule has 5 nitrogen and oxygen atoms in total. The van der Waals surface area contributed by atoms with Gasteiger partial charge in [0.2, 0.25) is 0 Å². The highest BCUT2D eigenvalue weighted by molar-refractivity contribution is 8.01. The minimum Gasteiger partial charge on any atom is -0.298 e. The molecule has 0 fully saturated rings. The number of aryl methyl sites for hydroxylation is 1. The van der Waals surface area contributed by atoms with Crippen molar-refractivity contribution in [2.75, 3.05) is 0 Å². The summed E-state index contributed by atoms with van der Waals surface area (Å²) in [4.78, 5) is 11.3. The number of nitrogens with zero attached hydrogens (tertiary/aromatic N) is 4. The Morgan fingerprint density at radius 3 is 2.75 bits per heavy atom. The van der Waals surface area contributed by atoms with Crippen molar-refractivity contribution in [1.82, 2.24) is 20.0 Å². The maximum absolute atomic E-state index is 11.3. The minimum absolute atomic E-state index is 0.592. The standard InChI is InChI=1S/C13H10N4OS2/c1-9-11(7-18)12(20-13-15-14-8-19-13)17(16-9)10-5-3-2-4-6-10/h2-8H,1H3. The van der Waals surface area contributed by atoms with Gasteiger partial charge in [-0.15, -0.1) is 10.2 Å². The quantitative estimate of drug-likeness (QED) is 0.693. The van der Waals surface area contributed by atoms with Crippen molar-refractivity contribution in [3.8, 4) is 5.69 Å². The molecule has 20 heavy (non-hydrogen) atoms. The average molecular weight is 302 g/mol. The number of aromatic nitrogens is 4. The van der Waals surface area contributed by atoms with Gasteiger partial charge in [0.05, 0.1) is 16.9 Å². The van der Waals surface area contributed by atoms with Crippen LogP contribution in [0.15, 0.2) is 45.2 Å². The molecule has 0 aliphatic carbocycles. The molecule has 0 bridgehead atoms. The Morgan fingerprint density at radius 1 is 1.30 bits per heavy atom. The highest BCUT2D eigenvalue weighted by Crippen LogP contribution is 2.33. The van der Waals surface area contributed by atoms with Gasteiger partial charge < -0.3 is 0 Å². The zero-order valence-corrected chi connectivity index (χ0v) is 12.2. The number of benzene rings is 1. The summed E-state index contributed by atoms with van der Waals surface area (Å²) in [5.41, 5.74) is 3.87. The lowest BCUT2D eigenvalue weighted by Crippen LogP contribution is -1.98. The van der Waals surface area contributed by atoms with Crippen molar-refractivity contribution >= 4 is 29.4 Å². The molecule has 0 amide bonds. The van der Waals surface area contributed by atoms with Crippen LogP contribution in [0.1, 0.15) is 16.1 Å². The van der Waals surface area contributed by atoms with Gasteiger partial charge in [-0.05, 0) is 30.8 Å². The van der Waals surface area contributed by atoms with Gasteiger partial charge in [-0.2, -0.15) is 5.10 Å². The fourth-order valence-electron chi connectivity index (χ4n) is 1.79. The number of carbonyl (C=O) groups is 1. The Balaban J connectivity index is 2.12.